The van der Waals surface area contributed by atoms with Crippen LogP contribution in [0.1, 0.15) is 6.42 Å². The smallest absolute Gasteiger partial charge is 0.362 e. The van der Waals surface area contributed by atoms with E-state index in [2.05, 4.69) is 10.2 Å². The summed E-state index contributed by atoms with van der Waals surface area (Å²) in [5.41, 5.74) is -3.41. The molecule has 0 saturated heterocycles. The molecule has 1 unspecified atom stereocenters. The van der Waals surface area contributed by atoms with Gasteiger partial charge in [0.2, 0.25) is 0 Å². The van der Waals surface area contributed by atoms with E-state index < -0.39 is 41.5 Å². The quantitative estimate of drug-likeness (QED) is 0.635. The van der Waals surface area contributed by atoms with E-state index >= 15 is 0 Å². The van der Waals surface area contributed by atoms with Gasteiger partial charge in [0.25, 0.3) is 11.6 Å². The Morgan fingerprint density at radius 1 is 1.57 bits per heavy atom. The number of hydrazone groups is 1. The lowest BCUT2D eigenvalue weighted by Gasteiger charge is -2.32. The van der Waals surface area contributed by atoms with Crippen LogP contribution in [-0.2, 0) is 11.3 Å². The molecule has 2 heterocycles. The molecule has 0 bridgehead atoms. The highest BCUT2D eigenvalue weighted by Gasteiger charge is 2.61. The van der Waals surface area contributed by atoms with Crippen LogP contribution in [0.4, 0.5) is 19.0 Å². The number of alkyl halides is 3. The SMILES string of the molecule is O=C(Cn1ccc([N+](=O)[O-])n1)N1N=CCC1(O)C(F)(F)F. The third kappa shape index (κ3) is 2.56. The van der Waals surface area contributed by atoms with Gasteiger partial charge in [0.1, 0.15) is 6.54 Å². The number of halogens is 3. The molecule has 0 spiro atoms. The number of carbonyl (C=O) groups is 1. The predicted octanol–water partition coefficient (Wildman–Crippen LogP) is 0.260. The van der Waals surface area contributed by atoms with E-state index in [1.54, 1.807) is 0 Å². The van der Waals surface area contributed by atoms with Crippen LogP contribution in [0.25, 0.3) is 0 Å². The van der Waals surface area contributed by atoms with Crippen molar-refractivity contribution in [3.05, 3.63) is 22.4 Å². The lowest BCUT2D eigenvalue weighted by atomic mass is 10.1. The van der Waals surface area contributed by atoms with E-state index in [0.717, 1.165) is 23.2 Å². The lowest BCUT2D eigenvalue weighted by Crippen LogP contribution is -2.57. The highest BCUT2D eigenvalue weighted by atomic mass is 19.4. The maximum Gasteiger partial charge on any atom is 0.438 e. The number of amides is 1. The van der Waals surface area contributed by atoms with E-state index in [9.17, 15) is 33.2 Å². The third-order valence-corrected chi connectivity index (χ3v) is 2.72. The molecule has 1 atom stereocenters. The highest BCUT2D eigenvalue weighted by Crippen LogP contribution is 2.38. The summed E-state index contributed by atoms with van der Waals surface area (Å²) in [6, 6.07) is 0.983. The molecule has 0 radical (unpaired) electrons. The Balaban J connectivity index is 2.16. The van der Waals surface area contributed by atoms with Crippen LogP contribution >= 0.6 is 0 Å². The zero-order valence-electron chi connectivity index (χ0n) is 10.2. The van der Waals surface area contributed by atoms with Crippen LogP contribution < -0.4 is 0 Å². The van der Waals surface area contributed by atoms with Gasteiger partial charge in [0.15, 0.2) is 0 Å². The van der Waals surface area contributed by atoms with Gasteiger partial charge < -0.3 is 15.2 Å². The Labute approximate surface area is 114 Å². The molecule has 1 aromatic rings. The summed E-state index contributed by atoms with van der Waals surface area (Å²) in [7, 11) is 0. The normalized spacial score (nSPS) is 21.8. The molecular formula is C9H8F3N5O4. The molecule has 0 fully saturated rings. The summed E-state index contributed by atoms with van der Waals surface area (Å²) in [5, 5.41) is 26.5. The van der Waals surface area contributed by atoms with Crippen LogP contribution in [0.3, 0.4) is 0 Å². The minimum Gasteiger partial charge on any atom is -0.362 e. The van der Waals surface area contributed by atoms with Gasteiger partial charge in [0.05, 0.1) is 17.4 Å². The fourth-order valence-electron chi connectivity index (χ4n) is 1.68. The molecule has 0 aliphatic carbocycles. The monoisotopic (exact) mass is 307 g/mol. The summed E-state index contributed by atoms with van der Waals surface area (Å²) in [4.78, 5) is 21.4. The van der Waals surface area contributed by atoms with E-state index in [0.29, 0.717) is 0 Å². The van der Waals surface area contributed by atoms with Crippen molar-refractivity contribution in [2.45, 2.75) is 24.9 Å². The van der Waals surface area contributed by atoms with E-state index in [4.69, 9.17) is 0 Å². The summed E-state index contributed by atoms with van der Waals surface area (Å²) in [6.45, 7) is -0.733. The summed E-state index contributed by atoms with van der Waals surface area (Å²) in [6.07, 6.45) is -4.16. The van der Waals surface area contributed by atoms with Crippen molar-refractivity contribution in [3.8, 4) is 0 Å². The Hall–Kier alpha value is -2.50. The second-order valence-corrected chi connectivity index (χ2v) is 4.15. The largest absolute Gasteiger partial charge is 0.438 e. The number of aliphatic hydroxyl groups is 1. The van der Waals surface area contributed by atoms with Crippen molar-refractivity contribution in [3.63, 3.8) is 0 Å². The van der Waals surface area contributed by atoms with E-state index in [1.165, 1.54) is 0 Å². The van der Waals surface area contributed by atoms with Crippen LogP contribution in [0.15, 0.2) is 17.4 Å². The molecule has 114 valence electrons. The lowest BCUT2D eigenvalue weighted by molar-refractivity contribution is -0.389. The zero-order chi connectivity index (χ0) is 15.8. The van der Waals surface area contributed by atoms with Crippen LogP contribution in [0.5, 0.6) is 0 Å². The first kappa shape index (κ1) is 14.9. The predicted molar refractivity (Wildman–Crippen MR) is 59.8 cm³/mol. The summed E-state index contributed by atoms with van der Waals surface area (Å²) in [5.74, 6) is -1.76. The average Bonchev–Trinajstić information content (AvgIpc) is 2.95. The van der Waals surface area contributed by atoms with E-state index in [-0.39, 0.29) is 5.01 Å². The number of hydrogen-bond acceptors (Lipinski definition) is 6. The molecule has 21 heavy (non-hydrogen) atoms. The number of aromatic nitrogens is 2. The molecule has 1 aromatic heterocycles. The van der Waals surface area contributed by atoms with Crippen LogP contribution in [0, 0.1) is 10.1 Å². The Morgan fingerprint density at radius 2 is 2.24 bits per heavy atom. The van der Waals surface area contributed by atoms with Crippen LogP contribution in [0.2, 0.25) is 0 Å². The van der Waals surface area contributed by atoms with Crippen molar-refractivity contribution < 1.29 is 28.0 Å². The Kier molecular flexibility index (Phi) is 3.41. The van der Waals surface area contributed by atoms with Crippen molar-refractivity contribution in [1.82, 2.24) is 14.8 Å². The molecule has 0 aromatic carbocycles. The molecule has 12 heteroatoms. The molecule has 1 N–H and O–H groups in total. The van der Waals surface area contributed by atoms with Gasteiger partial charge in [-0.2, -0.15) is 28.0 Å². The first-order valence-corrected chi connectivity index (χ1v) is 5.47. The molecule has 1 aliphatic heterocycles. The fourth-order valence-corrected chi connectivity index (χ4v) is 1.68. The Morgan fingerprint density at radius 3 is 2.76 bits per heavy atom. The number of rotatable bonds is 3. The van der Waals surface area contributed by atoms with E-state index in [1.807, 2.05) is 0 Å². The van der Waals surface area contributed by atoms with Crippen molar-refractivity contribution in [2.75, 3.05) is 0 Å². The third-order valence-electron chi connectivity index (χ3n) is 2.72. The number of hydrogen-bond donors (Lipinski definition) is 1. The molecular weight excluding hydrogens is 299 g/mol. The van der Waals surface area contributed by atoms with Gasteiger partial charge in [-0.1, -0.05) is 0 Å². The first-order chi connectivity index (χ1) is 9.65. The number of carbonyl (C=O) groups excluding carboxylic acids is 1. The second kappa shape index (κ2) is 4.80. The summed E-state index contributed by atoms with van der Waals surface area (Å²) < 4.78 is 39.1. The van der Waals surface area contributed by atoms with Crippen molar-refractivity contribution in [1.29, 1.82) is 0 Å². The Bertz CT molecular complexity index is 613. The average molecular weight is 307 g/mol. The molecule has 2 rings (SSSR count). The van der Waals surface area contributed by atoms with Crippen LogP contribution in [-0.4, -0.2) is 48.8 Å². The van der Waals surface area contributed by atoms with Gasteiger partial charge in [-0.3, -0.25) is 4.79 Å². The molecule has 1 amide bonds. The van der Waals surface area contributed by atoms with Gasteiger partial charge >= 0.3 is 12.0 Å². The van der Waals surface area contributed by atoms with Gasteiger partial charge in [-0.25, -0.2) is 0 Å². The van der Waals surface area contributed by atoms with Gasteiger partial charge in [-0.05, 0) is 4.92 Å². The summed E-state index contributed by atoms with van der Waals surface area (Å²) >= 11 is 0. The maximum absolute atomic E-state index is 12.8. The minimum atomic E-state index is -5.09. The van der Waals surface area contributed by atoms with Crippen molar-refractivity contribution in [2.24, 2.45) is 5.10 Å². The minimum absolute atomic E-state index is 0.0967. The zero-order valence-corrected chi connectivity index (χ0v) is 10.2. The highest BCUT2D eigenvalue weighted by molar-refractivity contribution is 5.80. The maximum atomic E-state index is 12.8. The molecule has 0 saturated carbocycles. The number of nitrogens with zero attached hydrogens (tertiary/aromatic N) is 5. The molecule has 9 nitrogen and oxygen atoms in total. The topological polar surface area (TPSA) is 114 Å². The van der Waals surface area contributed by atoms with Gasteiger partial charge in [-0.15, -0.1) is 0 Å². The fraction of sp³-hybridized carbons (Fsp3) is 0.444. The second-order valence-electron chi connectivity index (χ2n) is 4.15. The first-order valence-electron chi connectivity index (χ1n) is 5.47. The molecule has 1 aliphatic rings. The number of nitro groups is 1. The van der Waals surface area contributed by atoms with Crippen molar-refractivity contribution >= 4 is 17.9 Å². The van der Waals surface area contributed by atoms with Gasteiger partial charge in [0, 0.05) is 12.6 Å². The standard InChI is InChI=1S/C9H8F3N5O4/c10-9(11,12)8(19)2-3-13-16(8)7(18)5-15-4-1-6(14-15)17(20)21/h1,3-4,19H,2,5H2.